The lowest BCUT2D eigenvalue weighted by molar-refractivity contribution is -0.128. The minimum Gasteiger partial charge on any atom is -0.445 e. The smallest absolute Gasteiger partial charge is 0.408 e. The van der Waals surface area contributed by atoms with Crippen LogP contribution in [-0.4, -0.2) is 30.0 Å². The van der Waals surface area contributed by atoms with E-state index in [1.807, 2.05) is 84.9 Å². The molecule has 0 saturated carbocycles. The number of carbonyl (C=O) groups is 3. The zero-order chi connectivity index (χ0) is 24.3. The zero-order valence-electron chi connectivity index (χ0n) is 18.4. The van der Waals surface area contributed by atoms with Gasteiger partial charge in [-0.15, -0.1) is 0 Å². The zero-order valence-corrected chi connectivity index (χ0v) is 20.0. The quantitative estimate of drug-likeness (QED) is 0.377. The maximum atomic E-state index is 13.1. The molecule has 0 fully saturated rings. The van der Waals surface area contributed by atoms with E-state index in [1.165, 1.54) is 0 Å². The summed E-state index contributed by atoms with van der Waals surface area (Å²) in [7, 11) is 0. The summed E-state index contributed by atoms with van der Waals surface area (Å²) in [5.74, 6) is -1.20. The minimum absolute atomic E-state index is 0.0686. The SMILES string of the molecule is NC(=O)[C@@H](Cc1cccc(Br)c1)NC(=O)[C@@H](Cc1ccccc1)NC(=O)OCc1ccccc1. The number of rotatable bonds is 10. The predicted molar refractivity (Wildman–Crippen MR) is 133 cm³/mol. The molecule has 0 radical (unpaired) electrons. The van der Waals surface area contributed by atoms with E-state index in [-0.39, 0.29) is 19.4 Å². The maximum Gasteiger partial charge on any atom is 0.408 e. The summed E-state index contributed by atoms with van der Waals surface area (Å²) in [6, 6.07) is 24.0. The van der Waals surface area contributed by atoms with Crippen molar-refractivity contribution >= 4 is 33.8 Å². The van der Waals surface area contributed by atoms with Gasteiger partial charge in [0.25, 0.3) is 0 Å². The molecule has 0 spiro atoms. The van der Waals surface area contributed by atoms with Crippen LogP contribution in [0.5, 0.6) is 0 Å². The number of benzene rings is 3. The number of amides is 3. The van der Waals surface area contributed by atoms with Crippen molar-refractivity contribution in [2.24, 2.45) is 5.73 Å². The molecule has 34 heavy (non-hydrogen) atoms. The first-order valence-electron chi connectivity index (χ1n) is 10.8. The van der Waals surface area contributed by atoms with E-state index in [0.717, 1.165) is 21.2 Å². The van der Waals surface area contributed by atoms with Gasteiger partial charge < -0.3 is 21.1 Å². The molecule has 0 heterocycles. The fourth-order valence-electron chi connectivity index (χ4n) is 3.36. The Morgan fingerprint density at radius 3 is 1.97 bits per heavy atom. The van der Waals surface area contributed by atoms with Crippen LogP contribution in [0.3, 0.4) is 0 Å². The molecule has 0 aromatic heterocycles. The molecule has 0 saturated heterocycles. The summed E-state index contributed by atoms with van der Waals surface area (Å²) in [6.07, 6.45) is -0.297. The monoisotopic (exact) mass is 523 g/mol. The van der Waals surface area contributed by atoms with Gasteiger partial charge in [0.1, 0.15) is 18.7 Å². The van der Waals surface area contributed by atoms with Crippen molar-refractivity contribution in [3.05, 3.63) is 106 Å². The number of carbonyl (C=O) groups excluding carboxylic acids is 3. The van der Waals surface area contributed by atoms with Crippen LogP contribution >= 0.6 is 15.9 Å². The number of hydrogen-bond donors (Lipinski definition) is 3. The molecule has 0 bridgehead atoms. The Morgan fingerprint density at radius 2 is 1.35 bits per heavy atom. The van der Waals surface area contributed by atoms with Gasteiger partial charge in [0.15, 0.2) is 0 Å². The standard InChI is InChI=1S/C26H26BrN3O4/c27-21-13-7-12-20(14-21)16-22(24(28)31)29-25(32)23(15-18-8-3-1-4-9-18)30-26(33)34-17-19-10-5-2-6-11-19/h1-14,22-23H,15-17H2,(H2,28,31)(H,29,32)(H,30,33)/t22-,23-/m1/s1. The van der Waals surface area contributed by atoms with Crippen LogP contribution in [0.2, 0.25) is 0 Å². The highest BCUT2D eigenvalue weighted by atomic mass is 79.9. The lowest BCUT2D eigenvalue weighted by atomic mass is 10.0. The van der Waals surface area contributed by atoms with Crippen molar-refractivity contribution in [3.8, 4) is 0 Å². The Labute approximate surface area is 206 Å². The Morgan fingerprint density at radius 1 is 0.765 bits per heavy atom. The van der Waals surface area contributed by atoms with Crippen LogP contribution < -0.4 is 16.4 Å². The van der Waals surface area contributed by atoms with E-state index < -0.39 is 30.0 Å². The highest BCUT2D eigenvalue weighted by molar-refractivity contribution is 9.10. The molecule has 8 heteroatoms. The molecule has 3 rings (SSSR count). The first-order valence-corrected chi connectivity index (χ1v) is 11.6. The van der Waals surface area contributed by atoms with E-state index in [4.69, 9.17) is 10.5 Å². The van der Waals surface area contributed by atoms with Gasteiger partial charge in [-0.05, 0) is 28.8 Å². The van der Waals surface area contributed by atoms with Gasteiger partial charge in [0, 0.05) is 17.3 Å². The molecule has 0 aliphatic rings. The topological polar surface area (TPSA) is 111 Å². The summed E-state index contributed by atoms with van der Waals surface area (Å²) in [5, 5.41) is 5.30. The first-order chi connectivity index (χ1) is 16.4. The van der Waals surface area contributed by atoms with Gasteiger partial charge in [-0.25, -0.2) is 4.79 Å². The van der Waals surface area contributed by atoms with Crippen molar-refractivity contribution < 1.29 is 19.1 Å². The van der Waals surface area contributed by atoms with Gasteiger partial charge in [0.2, 0.25) is 11.8 Å². The Kier molecular flexibility index (Phi) is 9.22. The second-order valence-electron chi connectivity index (χ2n) is 7.75. The first kappa shape index (κ1) is 25.0. The van der Waals surface area contributed by atoms with Crippen LogP contribution in [0.1, 0.15) is 16.7 Å². The summed E-state index contributed by atoms with van der Waals surface area (Å²) in [5.41, 5.74) is 8.05. The molecule has 3 aromatic carbocycles. The van der Waals surface area contributed by atoms with E-state index in [9.17, 15) is 14.4 Å². The van der Waals surface area contributed by atoms with E-state index in [1.54, 1.807) is 0 Å². The van der Waals surface area contributed by atoms with Gasteiger partial charge >= 0.3 is 6.09 Å². The summed E-state index contributed by atoms with van der Waals surface area (Å²) in [4.78, 5) is 37.7. The molecule has 0 aliphatic heterocycles. The maximum absolute atomic E-state index is 13.1. The molecule has 7 nitrogen and oxygen atoms in total. The number of halogens is 1. The lowest BCUT2D eigenvalue weighted by Crippen LogP contribution is -2.54. The van der Waals surface area contributed by atoms with Crippen molar-refractivity contribution in [2.45, 2.75) is 31.5 Å². The van der Waals surface area contributed by atoms with Crippen molar-refractivity contribution in [1.82, 2.24) is 10.6 Å². The summed E-state index contributed by atoms with van der Waals surface area (Å²) >= 11 is 3.39. The fourth-order valence-corrected chi connectivity index (χ4v) is 3.81. The van der Waals surface area contributed by atoms with Crippen LogP contribution in [0.4, 0.5) is 4.79 Å². The molecular formula is C26H26BrN3O4. The molecule has 3 amide bonds. The normalized spacial score (nSPS) is 12.3. The third kappa shape index (κ3) is 8.04. The number of hydrogen-bond acceptors (Lipinski definition) is 4. The van der Waals surface area contributed by atoms with Crippen LogP contribution in [0, 0.1) is 0 Å². The predicted octanol–water partition coefficient (Wildman–Crippen LogP) is 3.50. The molecular weight excluding hydrogens is 498 g/mol. The van der Waals surface area contributed by atoms with Crippen LogP contribution in [0.15, 0.2) is 89.4 Å². The average Bonchev–Trinajstić information content (AvgIpc) is 2.83. The number of alkyl carbamates (subject to hydrolysis) is 1. The number of ether oxygens (including phenoxy) is 1. The van der Waals surface area contributed by atoms with Crippen molar-refractivity contribution in [1.29, 1.82) is 0 Å². The van der Waals surface area contributed by atoms with E-state index >= 15 is 0 Å². The highest BCUT2D eigenvalue weighted by Gasteiger charge is 2.26. The number of nitrogens with two attached hydrogens (primary N) is 1. The minimum atomic E-state index is -0.963. The largest absolute Gasteiger partial charge is 0.445 e. The second kappa shape index (κ2) is 12.6. The number of nitrogens with one attached hydrogen (secondary N) is 2. The second-order valence-corrected chi connectivity index (χ2v) is 8.66. The van der Waals surface area contributed by atoms with Crippen LogP contribution in [-0.2, 0) is 33.8 Å². The Hall–Kier alpha value is -3.65. The summed E-state index contributed by atoms with van der Waals surface area (Å²) in [6.45, 7) is 0.0686. The van der Waals surface area contributed by atoms with Crippen molar-refractivity contribution in [3.63, 3.8) is 0 Å². The van der Waals surface area contributed by atoms with E-state index in [0.29, 0.717) is 0 Å². The van der Waals surface area contributed by atoms with Crippen LogP contribution in [0.25, 0.3) is 0 Å². The summed E-state index contributed by atoms with van der Waals surface area (Å²) < 4.78 is 6.13. The average molecular weight is 524 g/mol. The third-order valence-corrected chi connectivity index (χ3v) is 5.59. The molecule has 4 N–H and O–H groups in total. The molecule has 0 unspecified atom stereocenters. The lowest BCUT2D eigenvalue weighted by Gasteiger charge is -2.22. The molecule has 176 valence electrons. The fraction of sp³-hybridized carbons (Fsp3) is 0.192. The van der Waals surface area contributed by atoms with E-state index in [2.05, 4.69) is 26.6 Å². The Balaban J connectivity index is 1.69. The van der Waals surface area contributed by atoms with Gasteiger partial charge in [-0.3, -0.25) is 9.59 Å². The van der Waals surface area contributed by atoms with Gasteiger partial charge in [-0.2, -0.15) is 0 Å². The molecule has 0 aliphatic carbocycles. The highest BCUT2D eigenvalue weighted by Crippen LogP contribution is 2.13. The number of primary amides is 1. The molecule has 2 atom stereocenters. The molecule has 3 aromatic rings. The van der Waals surface area contributed by atoms with Gasteiger partial charge in [-0.1, -0.05) is 88.7 Å². The van der Waals surface area contributed by atoms with Gasteiger partial charge in [0.05, 0.1) is 0 Å². The Bertz CT molecular complexity index is 1110. The van der Waals surface area contributed by atoms with Crippen molar-refractivity contribution in [2.75, 3.05) is 0 Å². The third-order valence-electron chi connectivity index (χ3n) is 5.09.